The van der Waals surface area contributed by atoms with Crippen LogP contribution in [0, 0.1) is 39.9 Å². The molecular weight excluding hydrogens is 809 g/mol. The molecule has 6 nitrogen and oxygen atoms in total. The summed E-state index contributed by atoms with van der Waals surface area (Å²) >= 11 is 3.04. The first kappa shape index (κ1) is 40.8. The third-order valence-corrected chi connectivity index (χ3v) is 7.03. The number of alkyl halides is 9. The Kier molecular flexibility index (Phi) is 17.0. The first-order chi connectivity index (χ1) is 19.2. The van der Waals surface area contributed by atoms with Gasteiger partial charge in [0.2, 0.25) is 17.3 Å². The van der Waals surface area contributed by atoms with E-state index in [1.165, 1.54) is 36.4 Å². The molecule has 0 saturated heterocycles. The van der Waals surface area contributed by atoms with Gasteiger partial charge in [-0.1, -0.05) is 18.2 Å². The van der Waals surface area contributed by atoms with Gasteiger partial charge >= 0.3 is 18.5 Å². The van der Waals surface area contributed by atoms with E-state index in [1.54, 1.807) is 16.1 Å². The molecule has 236 valence electrons. The minimum Gasteiger partial charge on any atom is -0.293 e. The molecule has 3 rings (SSSR count). The number of Topliss-reactive ketones (excluding diaryl/α,β-unsaturated/α-hetero) is 6. The van der Waals surface area contributed by atoms with E-state index >= 15 is 0 Å². The Bertz CT molecular complexity index is 1190. The van der Waals surface area contributed by atoms with Gasteiger partial charge in [0.25, 0.3) is 0 Å². The van der Waals surface area contributed by atoms with Gasteiger partial charge in [0, 0.05) is 39.9 Å². The predicted molar refractivity (Wildman–Crippen MR) is 133 cm³/mol. The van der Waals surface area contributed by atoms with Crippen LogP contribution in [0.25, 0.3) is 0 Å². The van der Waals surface area contributed by atoms with Crippen LogP contribution in [0.15, 0.2) is 52.5 Å². The van der Waals surface area contributed by atoms with Crippen molar-refractivity contribution in [3.63, 3.8) is 0 Å². The van der Waals surface area contributed by atoms with Gasteiger partial charge in [-0.2, -0.15) is 39.5 Å². The van der Waals surface area contributed by atoms with Gasteiger partial charge in [0.05, 0.1) is 33.9 Å². The van der Waals surface area contributed by atoms with Crippen molar-refractivity contribution in [3.8, 4) is 0 Å². The van der Waals surface area contributed by atoms with Crippen molar-refractivity contribution in [1.29, 1.82) is 0 Å². The second-order valence-electron chi connectivity index (χ2n) is 7.49. The van der Waals surface area contributed by atoms with Crippen molar-refractivity contribution in [2.75, 3.05) is 0 Å². The van der Waals surface area contributed by atoms with E-state index in [0.717, 1.165) is 34.0 Å². The molecule has 0 radical (unpaired) electrons. The normalized spacial score (nSPS) is 11.1. The van der Waals surface area contributed by atoms with E-state index in [1.807, 2.05) is 0 Å². The van der Waals surface area contributed by atoms with Gasteiger partial charge in [0.1, 0.15) is 0 Å². The molecule has 19 heteroatoms. The van der Waals surface area contributed by atoms with Gasteiger partial charge in [-0.3, -0.25) is 28.8 Å². The van der Waals surface area contributed by atoms with E-state index in [4.69, 9.17) is 0 Å². The molecule has 0 amide bonds. The molecule has 0 aliphatic heterocycles. The van der Waals surface area contributed by atoms with Crippen LogP contribution in [-0.2, 0) is 14.4 Å². The number of rotatable bonds is 9. The molecule has 3 heterocycles. The Hall–Kier alpha value is -2.19. The van der Waals surface area contributed by atoms with Crippen LogP contribution in [0.2, 0.25) is 0 Å². The Labute approximate surface area is 280 Å². The van der Waals surface area contributed by atoms with E-state index < -0.39 is 72.5 Å². The molecule has 3 aromatic rings. The van der Waals surface area contributed by atoms with Gasteiger partial charge in [-0.05, 0) is 34.3 Å². The smallest absolute Gasteiger partial charge is 0.293 e. The summed E-state index contributed by atoms with van der Waals surface area (Å²) in [5.74, 6) is -8.38. The number of carbonyl (C=O) groups is 6. The maximum atomic E-state index is 11.8. The van der Waals surface area contributed by atoms with Crippen LogP contribution in [0.4, 0.5) is 39.5 Å². The van der Waals surface area contributed by atoms with E-state index in [0.29, 0.717) is 0 Å². The molecule has 0 saturated carbocycles. The zero-order chi connectivity index (χ0) is 32.3. The maximum absolute atomic E-state index is 11.8. The molecule has 0 fully saturated rings. The Morgan fingerprint density at radius 2 is 0.674 bits per heavy atom. The SMILES string of the molecule is O=C(CC(=O)C(F)(F)F)c1cccs1.O=C(CC(=O)C(F)(F)F)c1cccs1.O=C(CC(=O)C(F)(F)F)c1cccs1.[Gd]. The van der Waals surface area contributed by atoms with E-state index in [2.05, 4.69) is 0 Å². The number of halogens is 9. The fraction of sp³-hybridized carbons (Fsp3) is 0.250. The number of carbonyl (C=O) groups excluding carboxylic acids is 6. The second kappa shape index (κ2) is 17.9. The van der Waals surface area contributed by atoms with Crippen molar-refractivity contribution in [1.82, 2.24) is 0 Å². The van der Waals surface area contributed by atoms with Crippen LogP contribution >= 0.6 is 34.0 Å². The number of hydrogen-bond acceptors (Lipinski definition) is 9. The maximum Gasteiger partial charge on any atom is 0.450 e. The summed E-state index contributed by atoms with van der Waals surface area (Å²) in [7, 11) is 0. The summed E-state index contributed by atoms with van der Waals surface area (Å²) in [5.41, 5.74) is 0. The van der Waals surface area contributed by atoms with Crippen LogP contribution in [0.5, 0.6) is 0 Å². The van der Waals surface area contributed by atoms with Crippen LogP contribution in [0.3, 0.4) is 0 Å². The average Bonchev–Trinajstić information content (AvgIpc) is 3.66. The number of thiophene rings is 3. The molecular formula is C24H15F9GdO6S3. The molecule has 0 atom stereocenters. The summed E-state index contributed by atoms with van der Waals surface area (Å²) < 4.78 is 106. The van der Waals surface area contributed by atoms with E-state index in [9.17, 15) is 68.3 Å². The van der Waals surface area contributed by atoms with Crippen LogP contribution < -0.4 is 0 Å². The van der Waals surface area contributed by atoms with Crippen LogP contribution in [-0.4, -0.2) is 53.2 Å². The monoisotopic (exact) mass is 824 g/mol. The number of ketones is 6. The first-order valence-electron chi connectivity index (χ1n) is 10.7. The topological polar surface area (TPSA) is 102 Å². The molecule has 0 unspecified atom stereocenters. The van der Waals surface area contributed by atoms with Crippen molar-refractivity contribution in [3.05, 3.63) is 67.2 Å². The summed E-state index contributed by atoms with van der Waals surface area (Å²) in [4.78, 5) is 65.0. The summed E-state index contributed by atoms with van der Waals surface area (Å²) in [6.45, 7) is 0. The zero-order valence-electron chi connectivity index (χ0n) is 20.7. The summed E-state index contributed by atoms with van der Waals surface area (Å²) in [6, 6.07) is 8.77. The number of hydrogen-bond donors (Lipinski definition) is 0. The summed E-state index contributed by atoms with van der Waals surface area (Å²) in [5, 5.41) is 4.68. The second-order valence-corrected chi connectivity index (χ2v) is 10.3. The predicted octanol–water partition coefficient (Wildman–Crippen LogP) is 7.36. The van der Waals surface area contributed by atoms with Crippen molar-refractivity contribution >= 4 is 68.7 Å². The Balaban J connectivity index is 0.000000608. The third kappa shape index (κ3) is 15.4. The van der Waals surface area contributed by atoms with Gasteiger partial charge in [-0.15, -0.1) is 34.0 Å². The van der Waals surface area contributed by atoms with Gasteiger partial charge in [0.15, 0.2) is 17.3 Å². The van der Waals surface area contributed by atoms with Gasteiger partial charge in [-0.25, -0.2) is 0 Å². The van der Waals surface area contributed by atoms with E-state index in [-0.39, 0.29) is 54.6 Å². The average molecular weight is 824 g/mol. The quantitative estimate of drug-likeness (QED) is 0.127. The molecule has 0 N–H and O–H groups in total. The van der Waals surface area contributed by atoms with Gasteiger partial charge < -0.3 is 0 Å². The molecule has 0 aliphatic rings. The molecule has 0 bridgehead atoms. The standard InChI is InChI=1S/3C8H5F3O2S.Gd/c3*9-8(10,11)7(13)4-5(12)6-2-1-3-14-6;/h3*1-3H,4H2;. The fourth-order valence-corrected chi connectivity index (χ4v) is 4.30. The zero-order valence-corrected chi connectivity index (χ0v) is 25.5. The minimum atomic E-state index is -4.92. The Morgan fingerprint density at radius 1 is 0.465 bits per heavy atom. The Morgan fingerprint density at radius 3 is 0.814 bits per heavy atom. The van der Waals surface area contributed by atoms with Crippen LogP contribution in [0.1, 0.15) is 48.3 Å². The summed E-state index contributed by atoms with van der Waals surface area (Å²) in [6.07, 6.45) is -18.1. The fourth-order valence-electron chi connectivity index (χ4n) is 2.31. The molecule has 0 aromatic carbocycles. The largest absolute Gasteiger partial charge is 0.450 e. The molecule has 0 aliphatic carbocycles. The van der Waals surface area contributed by atoms with Crippen molar-refractivity contribution in [2.45, 2.75) is 37.8 Å². The molecule has 0 spiro atoms. The third-order valence-electron chi connectivity index (χ3n) is 4.30. The first-order valence-corrected chi connectivity index (χ1v) is 13.4. The van der Waals surface area contributed by atoms with Crippen molar-refractivity contribution in [2.24, 2.45) is 0 Å². The molecule has 3 aromatic heterocycles. The molecule has 43 heavy (non-hydrogen) atoms. The minimum absolute atomic E-state index is 0. The van der Waals surface area contributed by atoms with Crippen molar-refractivity contribution < 1.29 is 108 Å².